The SMILES string of the molecule is CN(C)c1c[nH]cc1Cl. The van der Waals surface area contributed by atoms with E-state index in [0.717, 1.165) is 10.7 Å². The average Bonchev–Trinajstić information content (AvgIpc) is 2.13. The summed E-state index contributed by atoms with van der Waals surface area (Å²) >= 11 is 5.76. The van der Waals surface area contributed by atoms with Crippen LogP contribution in [0, 0.1) is 0 Å². The molecule has 0 bridgehead atoms. The maximum atomic E-state index is 5.76. The van der Waals surface area contributed by atoms with Crippen molar-refractivity contribution in [2.24, 2.45) is 0 Å². The van der Waals surface area contributed by atoms with Crippen LogP contribution in [0.15, 0.2) is 12.4 Å². The van der Waals surface area contributed by atoms with Crippen molar-refractivity contribution < 1.29 is 0 Å². The summed E-state index contributed by atoms with van der Waals surface area (Å²) in [6, 6.07) is 0. The average molecular weight is 145 g/mol. The molecule has 0 spiro atoms. The van der Waals surface area contributed by atoms with Crippen LogP contribution in [0.25, 0.3) is 0 Å². The predicted octanol–water partition coefficient (Wildman–Crippen LogP) is 1.73. The van der Waals surface area contributed by atoms with E-state index < -0.39 is 0 Å². The van der Waals surface area contributed by atoms with Gasteiger partial charge in [0, 0.05) is 26.5 Å². The molecule has 1 heterocycles. The smallest absolute Gasteiger partial charge is 0.0814 e. The Kier molecular flexibility index (Phi) is 1.67. The summed E-state index contributed by atoms with van der Waals surface area (Å²) in [5.41, 5.74) is 1.02. The van der Waals surface area contributed by atoms with Gasteiger partial charge in [0.25, 0.3) is 0 Å². The molecular formula is C6H9ClN2. The number of anilines is 1. The summed E-state index contributed by atoms with van der Waals surface area (Å²) in [5, 5.41) is 0.764. The third kappa shape index (κ3) is 1.19. The molecule has 0 radical (unpaired) electrons. The highest BCUT2D eigenvalue weighted by atomic mass is 35.5. The first-order chi connectivity index (χ1) is 4.22. The van der Waals surface area contributed by atoms with Crippen molar-refractivity contribution in [2.75, 3.05) is 19.0 Å². The normalized spacial score (nSPS) is 9.67. The van der Waals surface area contributed by atoms with Gasteiger partial charge < -0.3 is 9.88 Å². The van der Waals surface area contributed by atoms with E-state index in [0.29, 0.717) is 0 Å². The number of nitrogens with one attached hydrogen (secondary N) is 1. The minimum Gasteiger partial charge on any atom is -0.375 e. The number of halogens is 1. The monoisotopic (exact) mass is 144 g/mol. The van der Waals surface area contributed by atoms with Crippen LogP contribution in [0.3, 0.4) is 0 Å². The number of hydrogen-bond acceptors (Lipinski definition) is 1. The van der Waals surface area contributed by atoms with Gasteiger partial charge in [-0.1, -0.05) is 11.6 Å². The molecule has 1 aromatic rings. The van der Waals surface area contributed by atoms with Crippen molar-refractivity contribution >= 4 is 17.3 Å². The van der Waals surface area contributed by atoms with Crippen LogP contribution >= 0.6 is 11.6 Å². The zero-order chi connectivity index (χ0) is 6.85. The van der Waals surface area contributed by atoms with Gasteiger partial charge in [0.1, 0.15) is 0 Å². The summed E-state index contributed by atoms with van der Waals surface area (Å²) in [7, 11) is 3.91. The quantitative estimate of drug-likeness (QED) is 0.636. The molecule has 1 aromatic heterocycles. The number of rotatable bonds is 1. The fourth-order valence-corrected chi connectivity index (χ4v) is 0.966. The highest BCUT2D eigenvalue weighted by Crippen LogP contribution is 2.21. The second-order valence-corrected chi connectivity index (χ2v) is 2.49. The lowest BCUT2D eigenvalue weighted by Crippen LogP contribution is -2.07. The van der Waals surface area contributed by atoms with Crippen LogP contribution in [0.2, 0.25) is 5.02 Å². The van der Waals surface area contributed by atoms with E-state index in [1.165, 1.54) is 0 Å². The minimum atomic E-state index is 0.764. The van der Waals surface area contributed by atoms with Crippen LogP contribution in [0.4, 0.5) is 5.69 Å². The van der Waals surface area contributed by atoms with E-state index in [-0.39, 0.29) is 0 Å². The summed E-state index contributed by atoms with van der Waals surface area (Å²) in [4.78, 5) is 4.86. The second kappa shape index (κ2) is 2.31. The van der Waals surface area contributed by atoms with E-state index in [9.17, 15) is 0 Å². The molecule has 0 saturated carbocycles. The summed E-state index contributed by atoms with van der Waals surface area (Å²) in [5.74, 6) is 0. The van der Waals surface area contributed by atoms with Crippen LogP contribution in [0.5, 0.6) is 0 Å². The number of aromatic nitrogens is 1. The molecule has 1 N–H and O–H groups in total. The number of hydrogen-bond donors (Lipinski definition) is 1. The van der Waals surface area contributed by atoms with Gasteiger partial charge in [-0.15, -0.1) is 0 Å². The van der Waals surface area contributed by atoms with Crippen LogP contribution in [-0.4, -0.2) is 19.1 Å². The Labute approximate surface area is 59.4 Å². The molecule has 0 amide bonds. The van der Waals surface area contributed by atoms with Gasteiger partial charge in [0.2, 0.25) is 0 Å². The molecule has 50 valence electrons. The van der Waals surface area contributed by atoms with Crippen LogP contribution in [-0.2, 0) is 0 Å². The topological polar surface area (TPSA) is 19.0 Å². The van der Waals surface area contributed by atoms with Crippen LogP contribution in [0.1, 0.15) is 0 Å². The Morgan fingerprint density at radius 3 is 2.33 bits per heavy atom. The van der Waals surface area contributed by atoms with Crippen molar-refractivity contribution in [1.29, 1.82) is 0 Å². The molecule has 0 fully saturated rings. The standard InChI is InChI=1S/C6H9ClN2/c1-9(2)6-4-8-3-5(6)7/h3-4,8H,1-2H3. The highest BCUT2D eigenvalue weighted by Gasteiger charge is 1.99. The Balaban J connectivity index is 2.94. The van der Waals surface area contributed by atoms with Crippen molar-refractivity contribution in [3.8, 4) is 0 Å². The lowest BCUT2D eigenvalue weighted by molar-refractivity contribution is 1.13. The van der Waals surface area contributed by atoms with Crippen molar-refractivity contribution in [3.63, 3.8) is 0 Å². The molecular weight excluding hydrogens is 136 g/mol. The Morgan fingerprint density at radius 2 is 2.11 bits per heavy atom. The van der Waals surface area contributed by atoms with Gasteiger partial charge in [-0.3, -0.25) is 0 Å². The van der Waals surface area contributed by atoms with E-state index in [2.05, 4.69) is 4.98 Å². The molecule has 3 heteroatoms. The summed E-state index contributed by atoms with van der Waals surface area (Å²) in [6.45, 7) is 0. The van der Waals surface area contributed by atoms with Crippen molar-refractivity contribution in [3.05, 3.63) is 17.4 Å². The Morgan fingerprint density at radius 1 is 1.44 bits per heavy atom. The van der Waals surface area contributed by atoms with Gasteiger partial charge >= 0.3 is 0 Å². The van der Waals surface area contributed by atoms with Crippen LogP contribution < -0.4 is 4.90 Å². The van der Waals surface area contributed by atoms with Crippen molar-refractivity contribution in [1.82, 2.24) is 4.98 Å². The largest absolute Gasteiger partial charge is 0.375 e. The molecule has 0 atom stereocenters. The van der Waals surface area contributed by atoms with Gasteiger partial charge in [0.05, 0.1) is 10.7 Å². The highest BCUT2D eigenvalue weighted by molar-refractivity contribution is 6.33. The van der Waals surface area contributed by atoms with E-state index >= 15 is 0 Å². The lowest BCUT2D eigenvalue weighted by atomic mass is 10.5. The van der Waals surface area contributed by atoms with Crippen molar-refractivity contribution in [2.45, 2.75) is 0 Å². The molecule has 0 unspecified atom stereocenters. The van der Waals surface area contributed by atoms with Gasteiger partial charge in [-0.2, -0.15) is 0 Å². The fraction of sp³-hybridized carbons (Fsp3) is 0.333. The first kappa shape index (κ1) is 6.49. The van der Waals surface area contributed by atoms with Gasteiger partial charge in [0.15, 0.2) is 0 Å². The molecule has 0 aliphatic carbocycles. The zero-order valence-corrected chi connectivity index (χ0v) is 6.24. The third-order valence-corrected chi connectivity index (χ3v) is 1.46. The first-order valence-corrected chi connectivity index (χ1v) is 3.09. The lowest BCUT2D eigenvalue weighted by Gasteiger charge is -2.08. The van der Waals surface area contributed by atoms with Gasteiger partial charge in [-0.25, -0.2) is 0 Å². The Hall–Kier alpha value is -0.630. The minimum absolute atomic E-state index is 0.764. The number of H-pyrrole nitrogens is 1. The van der Waals surface area contributed by atoms with E-state index in [1.54, 1.807) is 6.20 Å². The second-order valence-electron chi connectivity index (χ2n) is 2.08. The molecule has 0 aliphatic rings. The molecule has 9 heavy (non-hydrogen) atoms. The number of nitrogens with zero attached hydrogens (tertiary/aromatic N) is 1. The maximum Gasteiger partial charge on any atom is 0.0814 e. The molecule has 0 saturated heterocycles. The van der Waals surface area contributed by atoms with E-state index in [4.69, 9.17) is 11.6 Å². The number of aromatic amines is 1. The Bertz CT molecular complexity index is 193. The van der Waals surface area contributed by atoms with E-state index in [1.807, 2.05) is 25.2 Å². The summed E-state index contributed by atoms with van der Waals surface area (Å²) in [6.07, 6.45) is 3.62. The van der Waals surface area contributed by atoms with Gasteiger partial charge in [-0.05, 0) is 0 Å². The molecule has 0 aromatic carbocycles. The fourth-order valence-electron chi connectivity index (χ4n) is 0.679. The first-order valence-electron chi connectivity index (χ1n) is 2.71. The molecule has 1 rings (SSSR count). The third-order valence-electron chi connectivity index (χ3n) is 1.16. The molecule has 2 nitrogen and oxygen atoms in total. The predicted molar refractivity (Wildman–Crippen MR) is 40.1 cm³/mol. The summed E-state index contributed by atoms with van der Waals surface area (Å²) < 4.78 is 0. The maximum absolute atomic E-state index is 5.76. The molecule has 0 aliphatic heterocycles. The zero-order valence-electron chi connectivity index (χ0n) is 5.48.